The molecule has 2 aliphatic heterocycles. The van der Waals surface area contributed by atoms with Crippen LogP contribution in [0.25, 0.3) is 124 Å². The number of nitrogens with one attached hydrogen (secondary N) is 3. The highest BCUT2D eigenvalue weighted by Crippen LogP contribution is 2.39. The minimum Gasteiger partial charge on any atom is -0.354 e. The maximum atomic E-state index is 5.48. The molecule has 4 aromatic heterocycles. The number of H-pyrrole nitrogens is 3. The zero-order valence-corrected chi connectivity index (χ0v) is 32.9. The summed E-state index contributed by atoms with van der Waals surface area (Å²) in [5.41, 5.74) is 18.5. The fourth-order valence-electron chi connectivity index (χ4n) is 8.87. The molecule has 0 amide bonds. The van der Waals surface area contributed by atoms with Crippen LogP contribution in [0.5, 0.6) is 0 Å². The molecule has 0 atom stereocenters. The first kappa shape index (κ1) is 34.7. The minimum atomic E-state index is 0.834. The lowest BCUT2D eigenvalue weighted by Crippen LogP contribution is -1.89. The average Bonchev–Trinajstić information content (AvgIpc) is 4.18. The molecule has 12 rings (SSSR count). The molecular weight excluding hydrogens is 745 g/mol. The lowest BCUT2D eigenvalue weighted by molar-refractivity contribution is 1.31. The predicted octanol–water partition coefficient (Wildman–Crippen LogP) is 14.0. The third-order valence-corrected chi connectivity index (χ3v) is 11.7. The van der Waals surface area contributed by atoms with Crippen molar-refractivity contribution in [2.45, 2.75) is 0 Å². The number of aromatic amines is 3. The maximum absolute atomic E-state index is 5.48. The van der Waals surface area contributed by atoms with Crippen molar-refractivity contribution in [2.75, 3.05) is 0 Å². The van der Waals surface area contributed by atoms with Crippen molar-refractivity contribution in [3.8, 4) is 55.9 Å². The van der Waals surface area contributed by atoms with E-state index in [2.05, 4.69) is 215 Å². The Balaban J connectivity index is 1.16. The molecular formula is C55H36N6. The Morgan fingerprint density at radius 3 is 1.18 bits per heavy atom. The first-order chi connectivity index (χ1) is 30.2. The molecule has 286 valence electrons. The van der Waals surface area contributed by atoms with Gasteiger partial charge in [-0.3, -0.25) is 0 Å². The monoisotopic (exact) mass is 780 g/mol. The summed E-state index contributed by atoms with van der Waals surface area (Å²) >= 11 is 0. The van der Waals surface area contributed by atoms with Gasteiger partial charge in [-0.15, -0.1) is 0 Å². The summed E-state index contributed by atoms with van der Waals surface area (Å²) in [6.07, 6.45) is 8.55. The smallest absolute Gasteiger partial charge is 0.138 e. The average molecular weight is 781 g/mol. The van der Waals surface area contributed by atoms with Crippen molar-refractivity contribution >= 4 is 68.2 Å². The van der Waals surface area contributed by atoms with E-state index < -0.39 is 0 Å². The Bertz CT molecular complexity index is 3530. The third-order valence-electron chi connectivity index (χ3n) is 11.7. The van der Waals surface area contributed by atoms with Crippen molar-refractivity contribution in [1.29, 1.82) is 0 Å². The molecule has 0 fully saturated rings. The number of hydrogen-bond donors (Lipinski definition) is 3. The van der Waals surface area contributed by atoms with Crippen molar-refractivity contribution < 1.29 is 0 Å². The SMILES string of the molecule is C1=Cc2nc1c(-c1ccccc1)c1ccc([nH]1)c(-c1ccccc1)c1nc(c(-c3ccc4[nH]c(-c5ccc6ccccc6c5)nc4c3)c3ccc([nH]3)c2-c2ccccc2)C=C1. The van der Waals surface area contributed by atoms with Crippen LogP contribution < -0.4 is 0 Å². The van der Waals surface area contributed by atoms with E-state index in [9.17, 15) is 0 Å². The van der Waals surface area contributed by atoms with Crippen LogP contribution in [-0.4, -0.2) is 29.9 Å². The first-order valence-corrected chi connectivity index (χ1v) is 20.5. The van der Waals surface area contributed by atoms with Crippen LogP contribution in [-0.2, 0) is 0 Å². The highest BCUT2D eigenvalue weighted by molar-refractivity contribution is 6.01. The van der Waals surface area contributed by atoms with E-state index in [1.165, 1.54) is 10.8 Å². The van der Waals surface area contributed by atoms with Gasteiger partial charge in [-0.25, -0.2) is 15.0 Å². The molecule has 6 nitrogen and oxygen atoms in total. The molecule has 6 heterocycles. The highest BCUT2D eigenvalue weighted by atomic mass is 14.9. The Morgan fingerprint density at radius 1 is 0.279 bits per heavy atom. The van der Waals surface area contributed by atoms with Gasteiger partial charge in [0.25, 0.3) is 0 Å². The number of benzene rings is 6. The zero-order valence-electron chi connectivity index (χ0n) is 32.9. The summed E-state index contributed by atoms with van der Waals surface area (Å²) in [7, 11) is 0. The summed E-state index contributed by atoms with van der Waals surface area (Å²) in [6, 6.07) is 61.6. The van der Waals surface area contributed by atoms with Crippen LogP contribution in [0.3, 0.4) is 0 Å². The van der Waals surface area contributed by atoms with E-state index in [4.69, 9.17) is 15.0 Å². The van der Waals surface area contributed by atoms with E-state index in [0.717, 1.165) is 112 Å². The van der Waals surface area contributed by atoms with E-state index >= 15 is 0 Å². The lowest BCUT2D eigenvalue weighted by Gasteiger charge is -2.07. The van der Waals surface area contributed by atoms with Gasteiger partial charge in [-0.05, 0) is 99.8 Å². The Labute approximate surface area is 351 Å². The standard InChI is InChI=1S/C55H36N6/c1-4-13-35(14-5-1)51-42-24-26-44(56-42)52(36-15-6-2-7-16-36)46-28-30-48(58-46)54(49-31-29-47(59-49)53(37-17-8-3-9-18-37)45-27-25-43(51)57-45)39-22-23-41-50(33-39)61-55(60-41)40-21-20-34-12-10-11-19-38(34)32-40/h1-33,56,59H,(H,60,61). The van der Waals surface area contributed by atoms with Crippen LogP contribution in [0.2, 0.25) is 0 Å². The summed E-state index contributed by atoms with van der Waals surface area (Å²) < 4.78 is 0. The van der Waals surface area contributed by atoms with Crippen LogP contribution in [0.15, 0.2) is 176 Å². The summed E-state index contributed by atoms with van der Waals surface area (Å²) in [5, 5.41) is 2.38. The van der Waals surface area contributed by atoms with Crippen LogP contribution in [0, 0.1) is 0 Å². The van der Waals surface area contributed by atoms with Crippen molar-refractivity contribution in [3.05, 3.63) is 199 Å². The molecule has 0 unspecified atom stereocenters. The molecule has 6 aromatic carbocycles. The number of nitrogens with zero attached hydrogens (tertiary/aromatic N) is 3. The molecule has 6 heteroatoms. The van der Waals surface area contributed by atoms with Crippen molar-refractivity contribution in [1.82, 2.24) is 29.9 Å². The topological polar surface area (TPSA) is 86.0 Å². The minimum absolute atomic E-state index is 0.834. The van der Waals surface area contributed by atoms with Gasteiger partial charge in [0.15, 0.2) is 0 Å². The zero-order chi connectivity index (χ0) is 40.3. The van der Waals surface area contributed by atoms with E-state index in [1.807, 2.05) is 0 Å². The van der Waals surface area contributed by atoms with Crippen LogP contribution in [0.4, 0.5) is 0 Å². The number of fused-ring (bicyclic) bond motifs is 10. The second-order valence-electron chi connectivity index (χ2n) is 15.5. The van der Waals surface area contributed by atoms with Gasteiger partial charge in [0, 0.05) is 49.9 Å². The molecule has 0 radical (unpaired) electrons. The fourth-order valence-corrected chi connectivity index (χ4v) is 8.87. The molecule has 0 saturated carbocycles. The molecule has 3 N–H and O–H groups in total. The molecule has 0 spiro atoms. The summed E-state index contributed by atoms with van der Waals surface area (Å²) in [5.74, 6) is 0.834. The molecule has 10 aromatic rings. The molecule has 61 heavy (non-hydrogen) atoms. The Kier molecular flexibility index (Phi) is 8.06. The summed E-state index contributed by atoms with van der Waals surface area (Å²) in [6.45, 7) is 0. The molecule has 8 bridgehead atoms. The number of rotatable bonds is 5. The maximum Gasteiger partial charge on any atom is 0.138 e. The van der Waals surface area contributed by atoms with Crippen molar-refractivity contribution in [2.24, 2.45) is 0 Å². The summed E-state index contributed by atoms with van der Waals surface area (Å²) in [4.78, 5) is 27.3. The van der Waals surface area contributed by atoms with Gasteiger partial charge < -0.3 is 15.0 Å². The fraction of sp³-hybridized carbons (Fsp3) is 0. The van der Waals surface area contributed by atoms with E-state index in [-0.39, 0.29) is 0 Å². The largest absolute Gasteiger partial charge is 0.354 e. The van der Waals surface area contributed by atoms with Gasteiger partial charge in [0.05, 0.1) is 33.8 Å². The third kappa shape index (κ3) is 6.09. The van der Waals surface area contributed by atoms with E-state index in [0.29, 0.717) is 0 Å². The second-order valence-corrected chi connectivity index (χ2v) is 15.5. The van der Waals surface area contributed by atoms with Gasteiger partial charge in [-0.1, -0.05) is 133 Å². The van der Waals surface area contributed by atoms with Gasteiger partial charge in [0.2, 0.25) is 0 Å². The predicted molar refractivity (Wildman–Crippen MR) is 253 cm³/mol. The molecule has 0 aliphatic carbocycles. The molecule has 0 saturated heterocycles. The van der Waals surface area contributed by atoms with Crippen LogP contribution >= 0.6 is 0 Å². The van der Waals surface area contributed by atoms with Gasteiger partial charge in [0.1, 0.15) is 5.82 Å². The Hall–Kier alpha value is -8.35. The molecule has 2 aliphatic rings. The number of hydrogen-bond acceptors (Lipinski definition) is 3. The Morgan fingerprint density at radius 2 is 0.689 bits per heavy atom. The van der Waals surface area contributed by atoms with Crippen LogP contribution in [0.1, 0.15) is 22.8 Å². The van der Waals surface area contributed by atoms with Crippen molar-refractivity contribution in [3.63, 3.8) is 0 Å². The second kappa shape index (κ2) is 14.2. The normalized spacial score (nSPS) is 12.1. The lowest BCUT2D eigenvalue weighted by atomic mass is 10.0. The number of imidazole rings is 1. The quantitative estimate of drug-likeness (QED) is 0.163. The van der Waals surface area contributed by atoms with E-state index in [1.54, 1.807) is 0 Å². The first-order valence-electron chi connectivity index (χ1n) is 20.5. The number of aromatic nitrogens is 6. The van der Waals surface area contributed by atoms with Gasteiger partial charge in [-0.2, -0.15) is 0 Å². The highest BCUT2D eigenvalue weighted by Gasteiger charge is 2.19. The van der Waals surface area contributed by atoms with Gasteiger partial charge >= 0.3 is 0 Å².